The van der Waals surface area contributed by atoms with Crippen LogP contribution in [0.1, 0.15) is 28.5 Å². The van der Waals surface area contributed by atoms with Gasteiger partial charge in [0.15, 0.2) is 5.13 Å². The highest BCUT2D eigenvalue weighted by Crippen LogP contribution is 2.24. The highest BCUT2D eigenvalue weighted by Gasteiger charge is 2.16. The van der Waals surface area contributed by atoms with Gasteiger partial charge < -0.3 is 20.7 Å². The minimum Gasteiger partial charge on any atom is -0.466 e. The summed E-state index contributed by atoms with van der Waals surface area (Å²) in [6.45, 7) is 2.03. The van der Waals surface area contributed by atoms with E-state index in [1.807, 2.05) is 54.6 Å². The molecule has 232 valence electrons. The van der Waals surface area contributed by atoms with Gasteiger partial charge in [-0.15, -0.1) is 23.1 Å². The maximum atomic E-state index is 13.6. The Hall–Kier alpha value is -5.26. The summed E-state index contributed by atoms with van der Waals surface area (Å²) in [5, 5.41) is 12.5. The molecule has 0 atom stereocenters. The lowest BCUT2D eigenvalue weighted by Crippen LogP contribution is -2.30. The number of nitrogens with one attached hydrogen (secondary N) is 3. The molecule has 1 heterocycles. The zero-order valence-corrected chi connectivity index (χ0v) is 26.5. The molecule has 0 bridgehead atoms. The monoisotopic (exact) mass is 650 g/mol. The van der Waals surface area contributed by atoms with Crippen molar-refractivity contribution in [3.63, 3.8) is 0 Å². The van der Waals surface area contributed by atoms with Crippen LogP contribution in [0.5, 0.6) is 0 Å². The largest absolute Gasteiger partial charge is 0.466 e. The molecule has 0 aliphatic carbocycles. The molecule has 0 unspecified atom stereocenters. The molecule has 0 spiro atoms. The number of amides is 3. The van der Waals surface area contributed by atoms with E-state index in [0.717, 1.165) is 21.2 Å². The zero-order valence-electron chi connectivity index (χ0n) is 24.8. The quantitative estimate of drug-likeness (QED) is 0.0795. The summed E-state index contributed by atoms with van der Waals surface area (Å²) in [6.07, 6.45) is 1.71. The maximum absolute atomic E-state index is 13.6. The maximum Gasteiger partial charge on any atom is 0.311 e. The fourth-order valence-corrected chi connectivity index (χ4v) is 5.93. The Kier molecular flexibility index (Phi) is 10.9. The van der Waals surface area contributed by atoms with Crippen LogP contribution in [0.15, 0.2) is 113 Å². The number of anilines is 2. The van der Waals surface area contributed by atoms with E-state index < -0.39 is 11.8 Å². The van der Waals surface area contributed by atoms with Crippen LogP contribution in [0.25, 0.3) is 16.8 Å². The Balaban J connectivity index is 1.26. The van der Waals surface area contributed by atoms with Crippen molar-refractivity contribution in [2.45, 2.75) is 18.2 Å². The molecule has 0 radical (unpaired) electrons. The number of fused-ring (bicyclic) bond motifs is 1. The van der Waals surface area contributed by atoms with Crippen LogP contribution in [-0.2, 0) is 25.5 Å². The zero-order chi connectivity index (χ0) is 32.3. The first-order valence-corrected chi connectivity index (χ1v) is 16.2. The molecule has 1 aromatic heterocycles. The van der Waals surface area contributed by atoms with E-state index in [2.05, 4.69) is 20.9 Å². The van der Waals surface area contributed by atoms with Crippen molar-refractivity contribution in [1.29, 1.82) is 0 Å². The predicted octanol–water partition coefficient (Wildman–Crippen LogP) is 6.54. The fourth-order valence-electron chi connectivity index (χ4n) is 4.45. The lowest BCUT2D eigenvalue weighted by molar-refractivity contribution is -0.142. The van der Waals surface area contributed by atoms with Gasteiger partial charge in [0.25, 0.3) is 11.8 Å². The molecular formula is C35H30N4O5S2. The molecule has 11 heteroatoms. The highest BCUT2D eigenvalue weighted by atomic mass is 32.2. The van der Waals surface area contributed by atoms with Gasteiger partial charge in [0, 0.05) is 21.5 Å². The van der Waals surface area contributed by atoms with Crippen molar-refractivity contribution < 1.29 is 23.9 Å². The van der Waals surface area contributed by atoms with Gasteiger partial charge in [0.2, 0.25) is 5.91 Å². The number of carbonyl (C=O) groups is 4. The van der Waals surface area contributed by atoms with E-state index >= 15 is 0 Å². The second kappa shape index (κ2) is 15.6. The number of esters is 1. The number of rotatable bonds is 12. The van der Waals surface area contributed by atoms with Crippen LogP contribution in [0.4, 0.5) is 10.8 Å². The van der Waals surface area contributed by atoms with Gasteiger partial charge in [0.1, 0.15) is 5.70 Å². The number of hydrogen-bond acceptors (Lipinski definition) is 8. The van der Waals surface area contributed by atoms with E-state index in [-0.39, 0.29) is 29.7 Å². The summed E-state index contributed by atoms with van der Waals surface area (Å²) in [6, 6.07) is 29.4. The number of nitrogens with zero attached hydrogens (tertiary/aromatic N) is 1. The van der Waals surface area contributed by atoms with Crippen molar-refractivity contribution in [1.82, 2.24) is 10.3 Å². The van der Waals surface area contributed by atoms with Gasteiger partial charge in [-0.2, -0.15) is 0 Å². The molecule has 0 aliphatic heterocycles. The summed E-state index contributed by atoms with van der Waals surface area (Å²) in [5.41, 5.74) is 2.30. The smallest absolute Gasteiger partial charge is 0.311 e. The molecule has 0 saturated heterocycles. The Labute approximate surface area is 274 Å². The molecule has 3 N–H and O–H groups in total. The van der Waals surface area contributed by atoms with E-state index in [4.69, 9.17) is 4.74 Å². The Bertz CT molecular complexity index is 1900. The van der Waals surface area contributed by atoms with E-state index in [1.54, 1.807) is 60.8 Å². The average Bonchev–Trinajstić information content (AvgIpc) is 3.50. The standard InChI is InChI=1S/C35H30N4O5S2/c1-2-44-32(41)20-27-21-46-35(37-27)39-31(40)22-45-28-16-9-15-26(19-28)36-34(43)30(38-33(42)24-11-4-3-5-12-24)18-25-14-8-13-23-10-6-7-17-29(23)25/h3-19,21H,2,20,22H2,1H3,(H,36,43)(H,38,42)(H,37,39,40)/b30-18+. The topological polar surface area (TPSA) is 126 Å². The van der Waals surface area contributed by atoms with Crippen LogP contribution in [-0.4, -0.2) is 41.0 Å². The van der Waals surface area contributed by atoms with Crippen molar-refractivity contribution >= 4 is 74.5 Å². The molecular weight excluding hydrogens is 621 g/mol. The molecule has 4 aromatic carbocycles. The first-order chi connectivity index (χ1) is 22.4. The Morgan fingerprint density at radius 2 is 1.65 bits per heavy atom. The molecule has 5 rings (SSSR count). The average molecular weight is 651 g/mol. The van der Waals surface area contributed by atoms with Crippen LogP contribution in [0, 0.1) is 0 Å². The molecule has 3 amide bonds. The SMILES string of the molecule is CCOC(=O)Cc1csc(NC(=O)CSc2cccc(NC(=O)/C(=C\c3cccc4ccccc34)NC(=O)c3ccccc3)c2)n1. The Morgan fingerprint density at radius 1 is 0.891 bits per heavy atom. The van der Waals surface area contributed by atoms with Crippen LogP contribution >= 0.6 is 23.1 Å². The first-order valence-electron chi connectivity index (χ1n) is 14.4. The number of ether oxygens (including phenoxy) is 1. The van der Waals surface area contributed by atoms with Gasteiger partial charge in [-0.1, -0.05) is 66.7 Å². The number of aromatic nitrogens is 1. The van der Waals surface area contributed by atoms with Crippen LogP contribution in [0.3, 0.4) is 0 Å². The van der Waals surface area contributed by atoms with Crippen molar-refractivity contribution in [3.8, 4) is 0 Å². The van der Waals surface area contributed by atoms with Gasteiger partial charge in [-0.05, 0) is 59.7 Å². The molecule has 5 aromatic rings. The van der Waals surface area contributed by atoms with Gasteiger partial charge in [-0.25, -0.2) is 4.98 Å². The first kappa shape index (κ1) is 32.1. The number of thiazole rings is 1. The van der Waals surface area contributed by atoms with Crippen LogP contribution < -0.4 is 16.0 Å². The van der Waals surface area contributed by atoms with Crippen LogP contribution in [0.2, 0.25) is 0 Å². The summed E-state index contributed by atoms with van der Waals surface area (Å²) < 4.78 is 4.93. The number of hydrogen-bond donors (Lipinski definition) is 3. The highest BCUT2D eigenvalue weighted by molar-refractivity contribution is 8.00. The molecule has 0 fully saturated rings. The van der Waals surface area contributed by atoms with Crippen molar-refractivity contribution in [2.24, 2.45) is 0 Å². The molecule has 0 aliphatic rings. The predicted molar refractivity (Wildman–Crippen MR) is 183 cm³/mol. The van der Waals surface area contributed by atoms with E-state index in [1.165, 1.54) is 23.1 Å². The fraction of sp³-hybridized carbons (Fsp3) is 0.114. The third kappa shape index (κ3) is 8.90. The molecule has 46 heavy (non-hydrogen) atoms. The van der Waals surface area contributed by atoms with Crippen molar-refractivity contribution in [3.05, 3.63) is 125 Å². The summed E-state index contributed by atoms with van der Waals surface area (Å²) >= 11 is 2.52. The van der Waals surface area contributed by atoms with Gasteiger partial charge >= 0.3 is 5.97 Å². The Morgan fingerprint density at radius 3 is 2.48 bits per heavy atom. The van der Waals surface area contributed by atoms with Gasteiger partial charge in [-0.3, -0.25) is 19.2 Å². The second-order valence-electron chi connectivity index (χ2n) is 9.89. The summed E-state index contributed by atoms with van der Waals surface area (Å²) in [7, 11) is 0. The van der Waals surface area contributed by atoms with E-state index in [9.17, 15) is 19.2 Å². The molecule has 0 saturated carbocycles. The molecule has 9 nitrogen and oxygen atoms in total. The minimum atomic E-state index is -0.500. The summed E-state index contributed by atoms with van der Waals surface area (Å²) in [5.74, 6) is -1.45. The normalized spacial score (nSPS) is 11.1. The number of carbonyl (C=O) groups excluding carboxylic acids is 4. The van der Waals surface area contributed by atoms with E-state index in [0.29, 0.717) is 28.7 Å². The van der Waals surface area contributed by atoms with Gasteiger partial charge in [0.05, 0.1) is 24.5 Å². The van der Waals surface area contributed by atoms with Crippen molar-refractivity contribution in [2.75, 3.05) is 23.0 Å². The third-order valence-electron chi connectivity index (χ3n) is 6.54. The summed E-state index contributed by atoms with van der Waals surface area (Å²) in [4.78, 5) is 56.0. The third-order valence-corrected chi connectivity index (χ3v) is 8.34. The minimum absolute atomic E-state index is 0.0439. The number of benzene rings is 4. The lowest BCUT2D eigenvalue weighted by Gasteiger charge is -2.13. The second-order valence-corrected chi connectivity index (χ2v) is 11.8. The lowest BCUT2D eigenvalue weighted by atomic mass is 10.0. The number of thioether (sulfide) groups is 1.